The summed E-state index contributed by atoms with van der Waals surface area (Å²) in [5.41, 5.74) is 2.36. The molecule has 0 bridgehead atoms. The number of oxime groups is 1. The summed E-state index contributed by atoms with van der Waals surface area (Å²) >= 11 is 0. The summed E-state index contributed by atoms with van der Waals surface area (Å²) in [4.78, 5) is 0. The highest BCUT2D eigenvalue weighted by Gasteiger charge is 2.24. The maximum absolute atomic E-state index is 9.37. The molecule has 0 unspecified atom stereocenters. The molecule has 2 aromatic carbocycles. The molecule has 0 aromatic heterocycles. The van der Waals surface area contributed by atoms with E-state index in [-0.39, 0.29) is 5.41 Å². The minimum atomic E-state index is -0.355. The zero-order valence-corrected chi connectivity index (χ0v) is 11.8. The smallest absolute Gasteiger partial charge is 0.0961 e. The summed E-state index contributed by atoms with van der Waals surface area (Å²) in [6, 6.07) is 19.8. The van der Waals surface area contributed by atoms with Crippen LogP contribution < -0.4 is 0 Å². The summed E-state index contributed by atoms with van der Waals surface area (Å²) in [5, 5.41) is 12.9. The predicted octanol–water partition coefficient (Wildman–Crippen LogP) is 4.60. The molecule has 2 aromatic rings. The van der Waals surface area contributed by atoms with Crippen LogP contribution in [0.1, 0.15) is 25.0 Å². The first-order valence-corrected chi connectivity index (χ1v) is 6.66. The average Bonchev–Trinajstić information content (AvgIpc) is 2.48. The van der Waals surface area contributed by atoms with Crippen molar-refractivity contribution in [3.8, 4) is 0 Å². The van der Waals surface area contributed by atoms with Gasteiger partial charge in [-0.05, 0) is 5.56 Å². The number of benzene rings is 2. The second-order valence-corrected chi connectivity index (χ2v) is 5.28. The zero-order chi connectivity index (χ0) is 14.4. The Kier molecular flexibility index (Phi) is 4.36. The third-order valence-electron chi connectivity index (χ3n) is 3.25. The van der Waals surface area contributed by atoms with Crippen LogP contribution in [0.4, 0.5) is 0 Å². The Morgan fingerprint density at radius 1 is 0.950 bits per heavy atom. The van der Waals surface area contributed by atoms with Crippen molar-refractivity contribution in [3.05, 3.63) is 77.9 Å². The number of allylic oxidation sites excluding steroid dienone is 1. The van der Waals surface area contributed by atoms with Crippen LogP contribution in [-0.4, -0.2) is 10.9 Å². The van der Waals surface area contributed by atoms with Crippen molar-refractivity contribution >= 4 is 11.8 Å². The lowest BCUT2D eigenvalue weighted by molar-refractivity contribution is 0.313. The highest BCUT2D eigenvalue weighted by Crippen LogP contribution is 2.25. The summed E-state index contributed by atoms with van der Waals surface area (Å²) < 4.78 is 0. The first-order chi connectivity index (χ1) is 9.63. The molecule has 0 aliphatic carbocycles. The van der Waals surface area contributed by atoms with Gasteiger partial charge in [-0.25, -0.2) is 0 Å². The van der Waals surface area contributed by atoms with Crippen LogP contribution in [0.5, 0.6) is 0 Å². The molecule has 0 aliphatic rings. The molecule has 2 nitrogen and oxygen atoms in total. The van der Waals surface area contributed by atoms with E-state index in [9.17, 15) is 5.21 Å². The molecular weight excluding hydrogens is 246 g/mol. The van der Waals surface area contributed by atoms with E-state index in [1.165, 1.54) is 0 Å². The zero-order valence-electron chi connectivity index (χ0n) is 11.8. The van der Waals surface area contributed by atoms with Crippen molar-refractivity contribution in [1.29, 1.82) is 0 Å². The number of nitrogens with zero attached hydrogens (tertiary/aromatic N) is 1. The van der Waals surface area contributed by atoms with Gasteiger partial charge in [0.2, 0.25) is 0 Å². The molecule has 0 spiro atoms. The van der Waals surface area contributed by atoms with E-state index in [1.54, 1.807) is 0 Å². The van der Waals surface area contributed by atoms with Crippen LogP contribution in [0.25, 0.3) is 6.08 Å². The van der Waals surface area contributed by atoms with Crippen LogP contribution in [0, 0.1) is 5.41 Å². The van der Waals surface area contributed by atoms with Crippen LogP contribution in [0.2, 0.25) is 0 Å². The standard InChI is InChI=1S/C18H19NO/c1-18(2,14-13-15-9-5-3-6-10-15)17(19-20)16-11-7-4-8-12-16/h3-14,20H,1-2H3/b14-13+,19-17+. The maximum atomic E-state index is 9.37. The van der Waals surface area contributed by atoms with Crippen LogP contribution >= 0.6 is 0 Å². The van der Waals surface area contributed by atoms with E-state index in [0.717, 1.165) is 11.1 Å². The number of hydrogen-bond donors (Lipinski definition) is 1. The molecule has 1 N–H and O–H groups in total. The maximum Gasteiger partial charge on any atom is 0.0961 e. The Morgan fingerprint density at radius 2 is 1.50 bits per heavy atom. The monoisotopic (exact) mass is 265 g/mol. The summed E-state index contributed by atoms with van der Waals surface area (Å²) in [6.07, 6.45) is 4.11. The molecule has 0 aliphatic heterocycles. The minimum Gasteiger partial charge on any atom is -0.411 e. The molecule has 0 atom stereocenters. The lowest BCUT2D eigenvalue weighted by Crippen LogP contribution is -2.23. The fourth-order valence-corrected chi connectivity index (χ4v) is 2.10. The van der Waals surface area contributed by atoms with E-state index in [0.29, 0.717) is 5.71 Å². The third kappa shape index (κ3) is 3.35. The Balaban J connectivity index is 2.27. The van der Waals surface area contributed by atoms with E-state index in [1.807, 2.05) is 80.6 Å². The van der Waals surface area contributed by atoms with Gasteiger partial charge in [-0.2, -0.15) is 0 Å². The Bertz CT molecular complexity index is 598. The minimum absolute atomic E-state index is 0.355. The highest BCUT2D eigenvalue weighted by atomic mass is 16.4. The molecule has 0 fully saturated rings. The van der Waals surface area contributed by atoms with Crippen LogP contribution in [0.15, 0.2) is 71.9 Å². The first kappa shape index (κ1) is 14.1. The van der Waals surface area contributed by atoms with Gasteiger partial charge in [0.15, 0.2) is 0 Å². The van der Waals surface area contributed by atoms with Gasteiger partial charge in [-0.3, -0.25) is 0 Å². The van der Waals surface area contributed by atoms with Crippen molar-refractivity contribution in [2.45, 2.75) is 13.8 Å². The predicted molar refractivity (Wildman–Crippen MR) is 84.0 cm³/mol. The third-order valence-corrected chi connectivity index (χ3v) is 3.25. The molecule has 0 heterocycles. The Morgan fingerprint density at radius 3 is 2.05 bits per heavy atom. The van der Waals surface area contributed by atoms with Gasteiger partial charge in [0.05, 0.1) is 5.71 Å². The lowest BCUT2D eigenvalue weighted by atomic mass is 9.83. The SMILES string of the molecule is CC(C)(/C=C/c1ccccc1)/C(=N/O)c1ccccc1. The van der Waals surface area contributed by atoms with Gasteiger partial charge in [0.1, 0.15) is 0 Å². The molecular formula is C18H19NO. The topological polar surface area (TPSA) is 32.6 Å². The van der Waals surface area contributed by atoms with Crippen molar-refractivity contribution in [1.82, 2.24) is 0 Å². The van der Waals surface area contributed by atoms with Gasteiger partial charge in [-0.15, -0.1) is 0 Å². The second kappa shape index (κ2) is 6.20. The van der Waals surface area contributed by atoms with Gasteiger partial charge < -0.3 is 5.21 Å². The van der Waals surface area contributed by atoms with Gasteiger partial charge in [0, 0.05) is 11.0 Å². The van der Waals surface area contributed by atoms with E-state index < -0.39 is 0 Å². The lowest BCUT2D eigenvalue weighted by Gasteiger charge is -2.22. The second-order valence-electron chi connectivity index (χ2n) is 5.28. The number of rotatable bonds is 4. The molecule has 2 heteroatoms. The molecule has 102 valence electrons. The van der Waals surface area contributed by atoms with E-state index >= 15 is 0 Å². The molecule has 0 saturated heterocycles. The average molecular weight is 265 g/mol. The van der Waals surface area contributed by atoms with Crippen molar-refractivity contribution in [2.75, 3.05) is 0 Å². The highest BCUT2D eigenvalue weighted by molar-refractivity contribution is 6.05. The fourth-order valence-electron chi connectivity index (χ4n) is 2.10. The van der Waals surface area contributed by atoms with E-state index in [4.69, 9.17) is 0 Å². The first-order valence-electron chi connectivity index (χ1n) is 6.66. The van der Waals surface area contributed by atoms with E-state index in [2.05, 4.69) is 11.2 Å². The van der Waals surface area contributed by atoms with Crippen LogP contribution in [-0.2, 0) is 0 Å². The summed E-state index contributed by atoms with van der Waals surface area (Å²) in [5.74, 6) is 0. The Hall–Kier alpha value is -2.35. The number of hydrogen-bond acceptors (Lipinski definition) is 2. The van der Waals surface area contributed by atoms with Crippen LogP contribution in [0.3, 0.4) is 0 Å². The van der Waals surface area contributed by atoms with Crippen molar-refractivity contribution in [3.63, 3.8) is 0 Å². The fraction of sp³-hybridized carbons (Fsp3) is 0.167. The summed E-state index contributed by atoms with van der Waals surface area (Å²) in [6.45, 7) is 4.07. The normalized spacial score (nSPS) is 12.8. The molecule has 0 amide bonds. The molecule has 2 rings (SSSR count). The van der Waals surface area contributed by atoms with Gasteiger partial charge in [-0.1, -0.05) is 91.8 Å². The van der Waals surface area contributed by atoms with Gasteiger partial charge >= 0.3 is 0 Å². The molecule has 0 saturated carbocycles. The van der Waals surface area contributed by atoms with Crippen molar-refractivity contribution in [2.24, 2.45) is 10.6 Å². The quantitative estimate of drug-likeness (QED) is 0.489. The largest absolute Gasteiger partial charge is 0.411 e. The summed E-state index contributed by atoms with van der Waals surface area (Å²) in [7, 11) is 0. The van der Waals surface area contributed by atoms with Gasteiger partial charge in [0.25, 0.3) is 0 Å². The Labute approximate surface area is 120 Å². The molecule has 0 radical (unpaired) electrons. The van der Waals surface area contributed by atoms with Crippen molar-refractivity contribution < 1.29 is 5.21 Å². The molecule has 20 heavy (non-hydrogen) atoms.